The van der Waals surface area contributed by atoms with Gasteiger partial charge in [-0.2, -0.15) is 0 Å². The Morgan fingerprint density at radius 3 is 1.36 bits per heavy atom. The Hall–Kier alpha value is -6.42. The first-order valence-electron chi connectivity index (χ1n) is 35.5. The number of phenolic OH excluding ortho intramolecular Hbond substituents is 2. The summed E-state index contributed by atoms with van der Waals surface area (Å²) in [5.74, 6) is 3.11. The van der Waals surface area contributed by atoms with Crippen LogP contribution >= 0.6 is 20.8 Å². The predicted molar refractivity (Wildman–Crippen MR) is 405 cm³/mol. The number of hydrogen-bond donors (Lipinski definition) is 3. The van der Waals surface area contributed by atoms with Gasteiger partial charge in [0.25, 0.3) is 0 Å². The Morgan fingerprint density at radius 2 is 0.898 bits per heavy atom. The number of aryl methyl sites for hydroxylation is 5. The van der Waals surface area contributed by atoms with Crippen molar-refractivity contribution in [3.05, 3.63) is 209 Å². The molecule has 0 amide bonds. The Balaban J connectivity index is 0.000000201. The number of carbonyl (C=O) groups is 1. The smallest absolute Gasteiger partial charge is 0.157 e. The van der Waals surface area contributed by atoms with Crippen LogP contribution in [0.2, 0.25) is 0 Å². The third-order valence-corrected chi connectivity index (χ3v) is 27.0. The number of aromatic hydroxyl groups is 2. The van der Waals surface area contributed by atoms with Crippen LogP contribution in [-0.2, 0) is 52.2 Å². The van der Waals surface area contributed by atoms with E-state index in [0.29, 0.717) is 13.0 Å². The Morgan fingerprint density at radius 1 is 0.469 bits per heavy atom. The van der Waals surface area contributed by atoms with E-state index >= 15 is 0 Å². The van der Waals surface area contributed by atoms with Crippen LogP contribution in [0.5, 0.6) is 28.7 Å². The summed E-state index contributed by atoms with van der Waals surface area (Å²) in [6.07, 6.45) is 27.8. The normalized spacial score (nSPS) is 16.4. The van der Waals surface area contributed by atoms with Crippen molar-refractivity contribution in [1.82, 2.24) is 0 Å². The number of carbonyl (C=O) groups excluding carboxylic acids is 1. The van der Waals surface area contributed by atoms with Gasteiger partial charge in [0.1, 0.15) is 29.3 Å². The molecule has 7 aromatic carbocycles. The number of phenols is 2. The summed E-state index contributed by atoms with van der Waals surface area (Å²) in [6.45, 7) is 11.2. The van der Waals surface area contributed by atoms with Crippen LogP contribution in [0.4, 0.5) is 0 Å². The number of methoxy groups -OCH3 is 3. The maximum atomic E-state index is 9.97. The molecule has 98 heavy (non-hydrogen) atoms. The van der Waals surface area contributed by atoms with Gasteiger partial charge in [-0.05, 0) is 170 Å². The molecule has 534 valence electrons. The maximum absolute atomic E-state index is 9.97. The molecule has 0 bridgehead atoms. The van der Waals surface area contributed by atoms with E-state index in [2.05, 4.69) is 194 Å². The number of halogens is 1. The Labute approximate surface area is 594 Å². The van der Waals surface area contributed by atoms with Gasteiger partial charge in [0.2, 0.25) is 0 Å². The summed E-state index contributed by atoms with van der Waals surface area (Å²) in [4.78, 5) is 9.97. The number of allylic oxidation sites excluding steroid dienone is 1. The van der Waals surface area contributed by atoms with Gasteiger partial charge in [0.05, 0.1) is 27.4 Å². The molecule has 0 saturated carbocycles. The number of aldehydes is 1. The molecule has 3 unspecified atom stereocenters. The molecule has 13 nitrogen and oxygen atoms in total. The minimum absolute atomic E-state index is 0.00889. The van der Waals surface area contributed by atoms with Gasteiger partial charge in [0, 0.05) is 51.1 Å². The standard InChI is InChI=1S/C27H26BrOP.C18H28O3.C18H26O3.C11H16O3.C9H16O3/c1-22-18-19-23(27(20-22)29-2)21-30(28,24-12-6-3-7-13-24,25-14-8-4-9-15-25)26-16-10-5-11-17-26;2*1-15-10-11-16(17(14-15)19-2)8-4-3-6-12-20-18-9-5-7-13-21-18;12-7-3-1-2-4-9-5-6-10(13)8-11(9)14;10-6-2-4-8-12-9-5-1-3-7-11-9/h3-20H,21H2,1-2H3;10-11,14,18H,3-9,12-13H2,1-2H3;4,8,10-11,14,18H,3,5-7,9,12-13H2,1-2H3;5-6,8,12-14H,1-4,7H2;6,9H,1-5,7-8H2. The molecule has 15 heteroatoms. The maximum Gasteiger partial charge on any atom is 0.157 e. The van der Waals surface area contributed by atoms with Gasteiger partial charge < -0.3 is 58.0 Å². The van der Waals surface area contributed by atoms with Crippen LogP contribution in [0.3, 0.4) is 0 Å². The molecule has 3 aliphatic heterocycles. The van der Waals surface area contributed by atoms with E-state index in [-0.39, 0.29) is 37.0 Å². The first-order valence-corrected chi connectivity index (χ1v) is 40.0. The van der Waals surface area contributed by atoms with E-state index in [1.807, 2.05) is 0 Å². The van der Waals surface area contributed by atoms with Crippen molar-refractivity contribution in [2.45, 2.75) is 181 Å². The largest absolute Gasteiger partial charge is 0.508 e. The fourth-order valence-corrected chi connectivity index (χ4v) is 19.6. The molecule has 7 aromatic rings. The molecule has 0 aromatic heterocycles. The fraction of sp³-hybridized carbons (Fsp3) is 0.458. The third-order valence-electron chi connectivity index (χ3n) is 17.5. The van der Waals surface area contributed by atoms with Crippen molar-refractivity contribution in [2.24, 2.45) is 0 Å². The molecule has 3 aliphatic rings. The number of hydrogen-bond acceptors (Lipinski definition) is 13. The van der Waals surface area contributed by atoms with E-state index in [9.17, 15) is 9.90 Å². The minimum atomic E-state index is -3.02. The Kier molecular flexibility index (Phi) is 37.9. The van der Waals surface area contributed by atoms with Crippen molar-refractivity contribution in [1.29, 1.82) is 0 Å². The summed E-state index contributed by atoms with van der Waals surface area (Å²) < 4.78 is 50.0. The summed E-state index contributed by atoms with van der Waals surface area (Å²) in [6, 6.07) is 56.5. The molecule has 3 saturated heterocycles. The molecule has 0 aliphatic carbocycles. The first kappa shape index (κ1) is 80.6. The fourth-order valence-electron chi connectivity index (χ4n) is 12.0. The topological polar surface area (TPSA) is 161 Å². The van der Waals surface area contributed by atoms with Crippen LogP contribution < -0.4 is 30.1 Å². The second-order valence-corrected chi connectivity index (χ2v) is 34.2. The number of unbranched alkanes of at least 4 members (excludes halogenated alkanes) is 6. The van der Waals surface area contributed by atoms with Gasteiger partial charge in [-0.1, -0.05) is 55.3 Å². The van der Waals surface area contributed by atoms with E-state index < -0.39 is 5.31 Å². The van der Waals surface area contributed by atoms with Gasteiger partial charge in [0.15, 0.2) is 18.9 Å². The van der Waals surface area contributed by atoms with Crippen molar-refractivity contribution in [2.75, 3.05) is 67.6 Å². The van der Waals surface area contributed by atoms with Crippen molar-refractivity contribution < 1.29 is 62.7 Å². The third kappa shape index (κ3) is 27.6. The zero-order valence-corrected chi connectivity index (χ0v) is 61.8. The van der Waals surface area contributed by atoms with Crippen LogP contribution in [0.1, 0.15) is 161 Å². The molecule has 3 fully saturated rings. The predicted octanol–water partition coefficient (Wildman–Crippen LogP) is 18.3. The molecule has 3 N–H and O–H groups in total. The average molecular weight is 1430 g/mol. The van der Waals surface area contributed by atoms with Gasteiger partial charge in [-0.15, -0.1) is 0 Å². The van der Waals surface area contributed by atoms with E-state index in [1.54, 1.807) is 33.5 Å². The minimum Gasteiger partial charge on any atom is -0.508 e. The van der Waals surface area contributed by atoms with Crippen LogP contribution in [0, 0.1) is 20.8 Å². The molecule has 3 heterocycles. The van der Waals surface area contributed by atoms with Crippen molar-refractivity contribution in [3.63, 3.8) is 0 Å². The van der Waals surface area contributed by atoms with Gasteiger partial charge in [-0.25, -0.2) is 0 Å². The SMILES string of the molecule is COc1cc(C)ccc1C=CCCCOC1CCCCO1.COc1cc(C)ccc1CCCCCOC1CCCCO1.COc1cc(C)ccc1CP(Br)(c1ccccc1)(c1ccccc1)c1ccccc1.O=CCCCOC1CCCCO1.OCCCCCc1ccc(O)cc1O. The number of benzene rings is 7. The van der Waals surface area contributed by atoms with Crippen LogP contribution in [0.25, 0.3) is 6.08 Å². The van der Waals surface area contributed by atoms with E-state index in [1.165, 1.54) is 94.7 Å². The second-order valence-electron chi connectivity index (χ2n) is 25.2. The zero-order valence-electron chi connectivity index (χ0n) is 59.3. The quantitative estimate of drug-likeness (QED) is 0.0214. The summed E-state index contributed by atoms with van der Waals surface area (Å²) in [5.41, 5.74) is 8.14. The van der Waals surface area contributed by atoms with Gasteiger partial charge in [-0.3, -0.25) is 0 Å². The molecule has 0 spiro atoms. The number of ether oxygens (including phenoxy) is 9. The number of rotatable bonds is 31. The molecule has 3 atom stereocenters. The first-order chi connectivity index (χ1) is 47.8. The summed E-state index contributed by atoms with van der Waals surface area (Å²) >= 11 is 4.51. The summed E-state index contributed by atoms with van der Waals surface area (Å²) in [5, 5.41) is 28.0. The van der Waals surface area contributed by atoms with E-state index in [0.717, 1.165) is 157 Å². The Bertz CT molecular complexity index is 3210. The number of aliphatic hydroxyl groups is 1. The molecule has 10 rings (SSSR count). The van der Waals surface area contributed by atoms with E-state index in [4.69, 9.17) is 52.8 Å². The summed E-state index contributed by atoms with van der Waals surface area (Å²) in [7, 11) is 5.22. The second kappa shape index (κ2) is 46.1. The van der Waals surface area contributed by atoms with Gasteiger partial charge >= 0.3 is 188 Å². The van der Waals surface area contributed by atoms with Crippen molar-refractivity contribution >= 4 is 49.1 Å². The van der Waals surface area contributed by atoms with Crippen LogP contribution in [-0.4, -0.2) is 108 Å². The molecule has 0 radical (unpaired) electrons. The van der Waals surface area contributed by atoms with Crippen molar-refractivity contribution in [3.8, 4) is 28.7 Å². The molecular formula is C83H112BrO13P. The zero-order chi connectivity index (χ0) is 69.9. The molecular weight excluding hydrogens is 1320 g/mol. The number of aliphatic hydroxyl groups excluding tert-OH is 1. The van der Waals surface area contributed by atoms with Crippen LogP contribution in [0.15, 0.2) is 170 Å². The average Bonchev–Trinajstić information content (AvgIpc) is 0.704. The monoisotopic (exact) mass is 1430 g/mol.